The Morgan fingerprint density at radius 1 is 0.958 bits per heavy atom. The molecule has 0 aromatic rings. The van der Waals surface area contributed by atoms with E-state index >= 15 is 0 Å². The number of rotatable bonds is 8. The van der Waals surface area contributed by atoms with Crippen molar-refractivity contribution in [2.45, 2.75) is 44.4 Å². The van der Waals surface area contributed by atoms with Crippen LogP contribution in [-0.4, -0.2) is 110 Å². The van der Waals surface area contributed by atoms with E-state index in [1.165, 1.54) is 6.92 Å². The van der Waals surface area contributed by atoms with Crippen molar-refractivity contribution in [2.75, 3.05) is 26.4 Å². The average Bonchev–Trinajstić information content (AvgIpc) is 2.58. The van der Waals surface area contributed by atoms with Crippen molar-refractivity contribution in [1.29, 1.82) is 0 Å². The summed E-state index contributed by atoms with van der Waals surface area (Å²) in [7, 11) is 0. The van der Waals surface area contributed by atoms with Crippen molar-refractivity contribution < 1.29 is 55.2 Å². The van der Waals surface area contributed by atoms with Gasteiger partial charge in [-0.15, -0.1) is 0 Å². The Hall–Kier alpha value is -1.18. The number of aliphatic hydroxyl groups excluding tert-OH is 8. The fraction of sp³-hybridized carbons (Fsp3) is 0.846. The van der Waals surface area contributed by atoms with E-state index in [0.29, 0.717) is 6.61 Å². The lowest BCUT2D eigenvalue weighted by molar-refractivity contribution is -0.140. The second-order valence-corrected chi connectivity index (χ2v) is 4.30. The van der Waals surface area contributed by atoms with Gasteiger partial charge in [0.2, 0.25) is 0 Å². The zero-order valence-corrected chi connectivity index (χ0v) is 13.6. The summed E-state index contributed by atoms with van der Waals surface area (Å²) in [5.74, 6) is -0.211. The van der Waals surface area contributed by atoms with Gasteiger partial charge in [-0.2, -0.15) is 0 Å². The van der Waals surface area contributed by atoms with Crippen LogP contribution in [-0.2, 0) is 14.3 Å². The summed E-state index contributed by atoms with van der Waals surface area (Å²) in [6.45, 7) is 2.16. The van der Waals surface area contributed by atoms with Crippen LogP contribution in [0.15, 0.2) is 0 Å². The number of carbonyl (C=O) groups is 2. The fourth-order valence-electron chi connectivity index (χ4n) is 0.879. The van der Waals surface area contributed by atoms with Gasteiger partial charge in [-0.25, -0.2) is 0 Å². The van der Waals surface area contributed by atoms with E-state index in [1.54, 1.807) is 6.92 Å². The van der Waals surface area contributed by atoms with Crippen molar-refractivity contribution in [3.63, 3.8) is 0 Å². The lowest BCUT2D eigenvalue weighted by atomic mass is 10.0. The smallest absolute Gasteiger partial charge is 0.302 e. The Labute approximate surface area is 139 Å². The fourth-order valence-corrected chi connectivity index (χ4v) is 0.879. The van der Waals surface area contributed by atoms with E-state index in [2.05, 4.69) is 4.74 Å². The van der Waals surface area contributed by atoms with Crippen molar-refractivity contribution in [2.24, 2.45) is 0 Å². The Kier molecular flexibility index (Phi) is 20.9. The Morgan fingerprint density at radius 2 is 1.42 bits per heavy atom. The van der Waals surface area contributed by atoms with E-state index in [9.17, 15) is 9.59 Å². The van der Waals surface area contributed by atoms with E-state index in [1.807, 2.05) is 0 Å². The largest absolute Gasteiger partial charge is 0.466 e. The molecule has 4 atom stereocenters. The molecule has 0 spiro atoms. The summed E-state index contributed by atoms with van der Waals surface area (Å²) in [5, 5.41) is 67.6. The monoisotopic (exact) mass is 360 g/mol. The molecule has 0 amide bonds. The maximum absolute atomic E-state index is 9.90. The maximum Gasteiger partial charge on any atom is 0.302 e. The molecule has 0 aliphatic carbocycles. The van der Waals surface area contributed by atoms with Crippen LogP contribution in [0.1, 0.15) is 13.8 Å². The highest BCUT2D eigenvalue weighted by molar-refractivity contribution is 5.65. The molecule has 24 heavy (non-hydrogen) atoms. The molecule has 0 aliphatic rings. The Bertz CT molecular complexity index is 296. The van der Waals surface area contributed by atoms with Crippen molar-refractivity contribution >= 4 is 12.3 Å². The molecule has 0 saturated heterocycles. The minimum Gasteiger partial charge on any atom is -0.466 e. The first-order chi connectivity index (χ1) is 11.1. The topological polar surface area (TPSA) is 205 Å². The lowest BCUT2D eigenvalue weighted by Gasteiger charge is -2.22. The van der Waals surface area contributed by atoms with E-state index in [-0.39, 0.29) is 25.5 Å². The number of carbonyl (C=O) groups excluding carboxylic acids is 2. The van der Waals surface area contributed by atoms with Crippen LogP contribution in [0.3, 0.4) is 0 Å². The van der Waals surface area contributed by atoms with Gasteiger partial charge in [0.15, 0.2) is 6.29 Å². The third-order valence-corrected chi connectivity index (χ3v) is 2.19. The predicted octanol–water partition coefficient (Wildman–Crippen LogP) is -4.48. The van der Waals surface area contributed by atoms with Crippen LogP contribution < -0.4 is 0 Å². The summed E-state index contributed by atoms with van der Waals surface area (Å²) >= 11 is 0. The van der Waals surface area contributed by atoms with Gasteiger partial charge in [0.05, 0.1) is 26.4 Å². The van der Waals surface area contributed by atoms with Gasteiger partial charge in [-0.1, -0.05) is 0 Å². The summed E-state index contributed by atoms with van der Waals surface area (Å²) < 4.78 is 4.40. The van der Waals surface area contributed by atoms with Crippen LogP contribution >= 0.6 is 0 Å². The van der Waals surface area contributed by atoms with Crippen molar-refractivity contribution in [3.05, 3.63) is 0 Å². The van der Waals surface area contributed by atoms with Gasteiger partial charge in [0.1, 0.15) is 30.5 Å². The van der Waals surface area contributed by atoms with Crippen molar-refractivity contribution in [1.82, 2.24) is 0 Å². The van der Waals surface area contributed by atoms with Gasteiger partial charge in [-0.3, -0.25) is 4.79 Å². The quantitative estimate of drug-likeness (QED) is 0.153. The zero-order valence-electron chi connectivity index (χ0n) is 13.6. The first-order valence-corrected chi connectivity index (χ1v) is 6.94. The van der Waals surface area contributed by atoms with Gasteiger partial charge in [-0.05, 0) is 6.92 Å². The normalized spacial score (nSPS) is 15.0. The minimum atomic E-state index is -1.79. The SMILES string of the molecule is CCOC(C)=O.O=C[C@H](O)[C@@H](O)[C@H](O)[C@H](O)CO.OCC(O)CO. The second kappa shape index (κ2) is 18.2. The van der Waals surface area contributed by atoms with E-state index < -0.39 is 37.1 Å². The van der Waals surface area contributed by atoms with Gasteiger partial charge >= 0.3 is 5.97 Å². The predicted molar refractivity (Wildman–Crippen MR) is 79.7 cm³/mol. The number of esters is 1. The van der Waals surface area contributed by atoms with Gasteiger partial charge in [0, 0.05) is 6.92 Å². The Balaban J connectivity index is -0.000000309. The lowest BCUT2D eigenvalue weighted by Crippen LogP contribution is -2.46. The number of ether oxygens (including phenoxy) is 1. The van der Waals surface area contributed by atoms with Crippen LogP contribution in [0.4, 0.5) is 0 Å². The molecule has 0 bridgehead atoms. The molecular formula is C13H28O11. The molecule has 11 heteroatoms. The number of aliphatic hydroxyl groups is 8. The highest BCUT2D eigenvalue weighted by Crippen LogP contribution is 2.02. The highest BCUT2D eigenvalue weighted by Gasteiger charge is 2.29. The molecule has 0 fully saturated rings. The number of aldehydes is 1. The summed E-state index contributed by atoms with van der Waals surface area (Å²) in [5.41, 5.74) is 0. The number of hydrogen-bond donors (Lipinski definition) is 8. The molecular weight excluding hydrogens is 332 g/mol. The number of hydrogen-bond acceptors (Lipinski definition) is 11. The molecule has 11 nitrogen and oxygen atoms in total. The third-order valence-electron chi connectivity index (χ3n) is 2.19. The molecule has 0 heterocycles. The molecule has 8 N–H and O–H groups in total. The van der Waals surface area contributed by atoms with Gasteiger partial charge in [0.25, 0.3) is 0 Å². The van der Waals surface area contributed by atoms with E-state index in [4.69, 9.17) is 40.9 Å². The highest BCUT2D eigenvalue weighted by atomic mass is 16.5. The van der Waals surface area contributed by atoms with Crippen molar-refractivity contribution in [3.8, 4) is 0 Å². The minimum absolute atomic E-state index is 0.0258. The first-order valence-electron chi connectivity index (χ1n) is 6.94. The zero-order chi connectivity index (χ0) is 19.7. The van der Waals surface area contributed by atoms with Gasteiger partial charge < -0.3 is 50.4 Å². The summed E-state index contributed by atoms with van der Waals surface area (Å²) in [6, 6.07) is 0. The van der Waals surface area contributed by atoms with Crippen LogP contribution in [0, 0.1) is 0 Å². The third kappa shape index (κ3) is 17.2. The van der Waals surface area contributed by atoms with Crippen LogP contribution in [0.5, 0.6) is 0 Å². The molecule has 0 saturated carbocycles. The molecule has 0 radical (unpaired) electrons. The molecule has 0 unspecified atom stereocenters. The first kappa shape index (κ1) is 27.7. The van der Waals surface area contributed by atoms with Crippen LogP contribution in [0.25, 0.3) is 0 Å². The maximum atomic E-state index is 9.90. The standard InChI is InChI=1S/C6H12O6.C4H8O2.C3H8O3/c7-1-3(9)5(11)6(12)4(10)2-8;1-3-6-4(2)5;4-1-3(6)2-5/h1,3-6,8-12H,2H2;3H2,1-2H3;3-6H,1-2H2/t3-,4+,5+,6+;;/m0../s1. The molecule has 0 aromatic heterocycles. The molecule has 0 rings (SSSR count). The Morgan fingerprint density at radius 3 is 1.58 bits per heavy atom. The molecule has 0 aromatic carbocycles. The average molecular weight is 360 g/mol. The summed E-state index contributed by atoms with van der Waals surface area (Å²) in [6.07, 6.45) is -7.79. The second-order valence-electron chi connectivity index (χ2n) is 4.30. The van der Waals surface area contributed by atoms with Crippen LogP contribution in [0.2, 0.25) is 0 Å². The molecule has 0 aliphatic heterocycles. The molecule has 146 valence electrons. The summed E-state index contributed by atoms with van der Waals surface area (Å²) in [4.78, 5) is 19.7. The van der Waals surface area contributed by atoms with E-state index in [0.717, 1.165) is 0 Å².